The molecule has 0 aliphatic carbocycles. The minimum atomic E-state index is -4.85. The van der Waals surface area contributed by atoms with Crippen LogP contribution >= 0.6 is 0 Å². The Morgan fingerprint density at radius 1 is 1.35 bits per heavy atom. The van der Waals surface area contributed by atoms with Crippen molar-refractivity contribution < 1.29 is 18.0 Å². The summed E-state index contributed by atoms with van der Waals surface area (Å²) in [4.78, 5) is 14.3. The lowest BCUT2D eigenvalue weighted by Gasteiger charge is -2.09. The van der Waals surface area contributed by atoms with Gasteiger partial charge in [-0.05, 0) is 12.1 Å². The van der Waals surface area contributed by atoms with Crippen LogP contribution in [0.25, 0.3) is 0 Å². The first-order valence-corrected chi connectivity index (χ1v) is 4.70. The van der Waals surface area contributed by atoms with Crippen LogP contribution in [0.5, 0.6) is 0 Å². The number of aromatic nitrogens is 1. The Morgan fingerprint density at radius 2 is 2.06 bits per heavy atom. The Hall–Kier alpha value is -1.99. The van der Waals surface area contributed by atoms with Gasteiger partial charge in [0.15, 0.2) is 0 Å². The molecule has 0 unspecified atom stereocenters. The molecule has 0 fully saturated rings. The van der Waals surface area contributed by atoms with Gasteiger partial charge >= 0.3 is 12.1 Å². The molecular weight excluding hydrogens is 237 g/mol. The summed E-state index contributed by atoms with van der Waals surface area (Å²) in [5.74, 6) is -1.48. The number of amides is 1. The first-order valence-electron chi connectivity index (χ1n) is 4.70. The average molecular weight is 248 g/mol. The van der Waals surface area contributed by atoms with Crippen molar-refractivity contribution in [3.63, 3.8) is 0 Å². The second-order valence-corrected chi connectivity index (χ2v) is 3.16. The molecule has 5 nitrogen and oxygen atoms in total. The zero-order chi connectivity index (χ0) is 12.9. The summed E-state index contributed by atoms with van der Waals surface area (Å²) in [6.07, 6.45) is -3.43. The van der Waals surface area contributed by atoms with Gasteiger partial charge in [-0.1, -0.05) is 0 Å². The van der Waals surface area contributed by atoms with Gasteiger partial charge in [0.25, 0.3) is 0 Å². The summed E-state index contributed by atoms with van der Waals surface area (Å²) in [5, 5.41) is 4.46. The van der Waals surface area contributed by atoms with Gasteiger partial charge in [-0.3, -0.25) is 4.79 Å². The summed E-state index contributed by atoms with van der Waals surface area (Å²) in [6, 6.07) is 3.19. The van der Waals surface area contributed by atoms with Gasteiger partial charge in [-0.15, -0.1) is 0 Å². The summed E-state index contributed by atoms with van der Waals surface area (Å²) in [6.45, 7) is -0.0108. The van der Waals surface area contributed by atoms with Gasteiger partial charge in [-0.25, -0.2) is 4.98 Å². The van der Waals surface area contributed by atoms with Crippen molar-refractivity contribution in [2.24, 2.45) is 0 Å². The number of nitrogens with zero attached hydrogens (tertiary/aromatic N) is 1. The van der Waals surface area contributed by atoms with E-state index >= 15 is 0 Å². The molecule has 0 atom stereocenters. The summed E-state index contributed by atoms with van der Waals surface area (Å²) >= 11 is 0. The number of halogens is 3. The van der Waals surface area contributed by atoms with E-state index in [0.29, 0.717) is 11.5 Å². The van der Waals surface area contributed by atoms with E-state index in [-0.39, 0.29) is 13.1 Å². The highest BCUT2D eigenvalue weighted by molar-refractivity contribution is 5.81. The van der Waals surface area contributed by atoms with E-state index in [1.54, 1.807) is 17.4 Å². The van der Waals surface area contributed by atoms with Gasteiger partial charge < -0.3 is 16.4 Å². The maximum atomic E-state index is 11.8. The third kappa shape index (κ3) is 4.58. The van der Waals surface area contributed by atoms with Crippen molar-refractivity contribution in [1.82, 2.24) is 10.3 Å². The van der Waals surface area contributed by atoms with Crippen LogP contribution in [-0.4, -0.2) is 30.2 Å². The number of pyridine rings is 1. The third-order valence-corrected chi connectivity index (χ3v) is 1.76. The van der Waals surface area contributed by atoms with Gasteiger partial charge in [0.2, 0.25) is 0 Å². The normalized spacial score (nSPS) is 11.0. The zero-order valence-corrected chi connectivity index (χ0v) is 8.71. The lowest BCUT2D eigenvalue weighted by atomic mass is 10.4. The quantitative estimate of drug-likeness (QED) is 0.687. The standard InChI is InChI=1S/C9H11F3N4O/c10-9(11,12)8(17)15-4-3-14-7-2-1-6(13)5-16-7/h1-2,5H,3-4,13H2,(H,14,16)(H,15,17). The molecule has 4 N–H and O–H groups in total. The van der Waals surface area contributed by atoms with Crippen LogP contribution in [0, 0.1) is 0 Å². The fourth-order valence-electron chi connectivity index (χ4n) is 0.977. The number of alkyl halides is 3. The number of anilines is 2. The predicted octanol–water partition coefficient (Wildman–Crippen LogP) is 0.754. The minimum Gasteiger partial charge on any atom is -0.397 e. The summed E-state index contributed by atoms with van der Waals surface area (Å²) in [5.41, 5.74) is 5.88. The second kappa shape index (κ2) is 5.37. The predicted molar refractivity (Wildman–Crippen MR) is 56.2 cm³/mol. The highest BCUT2D eigenvalue weighted by atomic mass is 19.4. The fraction of sp³-hybridized carbons (Fsp3) is 0.333. The topological polar surface area (TPSA) is 80.0 Å². The molecule has 1 aromatic heterocycles. The third-order valence-electron chi connectivity index (χ3n) is 1.76. The number of hydrogen-bond donors (Lipinski definition) is 3. The van der Waals surface area contributed by atoms with Crippen LogP contribution in [-0.2, 0) is 4.79 Å². The number of nitrogen functional groups attached to an aromatic ring is 1. The van der Waals surface area contributed by atoms with E-state index < -0.39 is 12.1 Å². The van der Waals surface area contributed by atoms with Gasteiger partial charge in [0.1, 0.15) is 5.82 Å². The number of hydrogen-bond acceptors (Lipinski definition) is 4. The molecule has 17 heavy (non-hydrogen) atoms. The van der Waals surface area contributed by atoms with Crippen molar-refractivity contribution in [3.05, 3.63) is 18.3 Å². The summed E-state index contributed by atoms with van der Waals surface area (Å²) < 4.78 is 35.4. The molecule has 8 heteroatoms. The van der Waals surface area contributed by atoms with Crippen molar-refractivity contribution in [2.75, 3.05) is 24.1 Å². The Morgan fingerprint density at radius 3 is 2.59 bits per heavy atom. The van der Waals surface area contributed by atoms with Crippen LogP contribution in [0.3, 0.4) is 0 Å². The Balaban J connectivity index is 2.25. The second-order valence-electron chi connectivity index (χ2n) is 3.16. The van der Waals surface area contributed by atoms with E-state index in [0.717, 1.165) is 0 Å². The van der Waals surface area contributed by atoms with Gasteiger partial charge in [-0.2, -0.15) is 13.2 Å². The maximum Gasteiger partial charge on any atom is 0.471 e. The van der Waals surface area contributed by atoms with Crippen molar-refractivity contribution in [1.29, 1.82) is 0 Å². The fourth-order valence-corrected chi connectivity index (χ4v) is 0.977. The minimum absolute atomic E-state index is 0.138. The van der Waals surface area contributed by atoms with Gasteiger partial charge in [0.05, 0.1) is 11.9 Å². The van der Waals surface area contributed by atoms with Crippen LogP contribution < -0.4 is 16.4 Å². The molecule has 1 amide bonds. The van der Waals surface area contributed by atoms with E-state index in [2.05, 4.69) is 10.3 Å². The molecule has 0 saturated carbocycles. The number of nitrogens with one attached hydrogen (secondary N) is 2. The van der Waals surface area contributed by atoms with Crippen molar-refractivity contribution in [2.45, 2.75) is 6.18 Å². The monoisotopic (exact) mass is 248 g/mol. The molecule has 0 bridgehead atoms. The van der Waals surface area contributed by atoms with Crippen molar-refractivity contribution >= 4 is 17.4 Å². The molecule has 0 aromatic carbocycles. The molecule has 0 radical (unpaired) electrons. The first-order chi connectivity index (χ1) is 7.89. The van der Waals surface area contributed by atoms with Crippen LogP contribution in [0.1, 0.15) is 0 Å². The number of nitrogens with two attached hydrogens (primary N) is 1. The van der Waals surface area contributed by atoms with Crippen LogP contribution in [0.2, 0.25) is 0 Å². The Labute approximate surface area is 95.2 Å². The number of rotatable bonds is 4. The zero-order valence-electron chi connectivity index (χ0n) is 8.71. The molecule has 0 aliphatic heterocycles. The molecule has 1 heterocycles. The number of carbonyl (C=O) groups excluding carboxylic acids is 1. The molecule has 0 spiro atoms. The lowest BCUT2D eigenvalue weighted by Crippen LogP contribution is -2.39. The highest BCUT2D eigenvalue weighted by Gasteiger charge is 2.38. The molecular formula is C9H11F3N4O. The Kier molecular flexibility index (Phi) is 4.13. The molecule has 94 valence electrons. The van der Waals surface area contributed by atoms with Crippen LogP contribution in [0.15, 0.2) is 18.3 Å². The molecule has 0 saturated heterocycles. The SMILES string of the molecule is Nc1ccc(NCCNC(=O)C(F)(F)F)nc1. The summed E-state index contributed by atoms with van der Waals surface area (Å²) in [7, 11) is 0. The van der Waals surface area contributed by atoms with Crippen LogP contribution in [0.4, 0.5) is 24.7 Å². The van der Waals surface area contributed by atoms with Gasteiger partial charge in [0, 0.05) is 13.1 Å². The van der Waals surface area contributed by atoms with Crippen molar-refractivity contribution in [3.8, 4) is 0 Å². The molecule has 1 rings (SSSR count). The largest absolute Gasteiger partial charge is 0.471 e. The smallest absolute Gasteiger partial charge is 0.397 e. The lowest BCUT2D eigenvalue weighted by molar-refractivity contribution is -0.173. The van der Waals surface area contributed by atoms with E-state index in [4.69, 9.17) is 5.73 Å². The maximum absolute atomic E-state index is 11.8. The van der Waals surface area contributed by atoms with E-state index in [1.807, 2.05) is 0 Å². The van der Waals surface area contributed by atoms with E-state index in [1.165, 1.54) is 6.20 Å². The Bertz CT molecular complexity index is 377. The molecule has 1 aromatic rings. The van der Waals surface area contributed by atoms with E-state index in [9.17, 15) is 18.0 Å². The first kappa shape index (κ1) is 13.1. The molecule has 0 aliphatic rings. The number of carbonyl (C=O) groups is 1. The average Bonchev–Trinajstić information content (AvgIpc) is 2.25. The highest BCUT2D eigenvalue weighted by Crippen LogP contribution is 2.13.